The van der Waals surface area contributed by atoms with Crippen molar-refractivity contribution in [3.63, 3.8) is 0 Å². The van der Waals surface area contributed by atoms with E-state index in [2.05, 4.69) is 12.4 Å². The molecule has 4 heteroatoms. The van der Waals surface area contributed by atoms with Crippen molar-refractivity contribution in [1.29, 1.82) is 0 Å². The highest BCUT2D eigenvalue weighted by Gasteiger charge is 2.48. The summed E-state index contributed by atoms with van der Waals surface area (Å²) in [5.41, 5.74) is 0.118. The van der Waals surface area contributed by atoms with Gasteiger partial charge in [-0.3, -0.25) is 0 Å². The minimum atomic E-state index is 0.0448. The first-order valence-electron chi connectivity index (χ1n) is 8.68. The van der Waals surface area contributed by atoms with Gasteiger partial charge in [-0.05, 0) is 51.5 Å². The summed E-state index contributed by atoms with van der Waals surface area (Å²) in [6.45, 7) is 2.60. The zero-order valence-corrected chi connectivity index (χ0v) is 13.7. The van der Waals surface area contributed by atoms with Crippen LogP contribution in [-0.4, -0.2) is 51.2 Å². The smallest absolute Gasteiger partial charge is 0.0833 e. The van der Waals surface area contributed by atoms with E-state index in [9.17, 15) is 0 Å². The maximum absolute atomic E-state index is 6.21. The number of likely N-dealkylation sites (N-methyl/N-ethyl adjacent to an activating group) is 1. The SMILES string of the molecule is CNC(C1CCOC2(CCOCC2)C1)C1(OC)CCCC1. The van der Waals surface area contributed by atoms with Gasteiger partial charge in [-0.2, -0.15) is 0 Å². The quantitative estimate of drug-likeness (QED) is 0.865. The van der Waals surface area contributed by atoms with E-state index in [1.807, 2.05) is 7.11 Å². The summed E-state index contributed by atoms with van der Waals surface area (Å²) in [5.74, 6) is 0.653. The highest BCUT2D eigenvalue weighted by molar-refractivity contribution is 5.02. The Morgan fingerprint density at radius 2 is 1.81 bits per heavy atom. The lowest BCUT2D eigenvalue weighted by Crippen LogP contribution is -2.57. The Morgan fingerprint density at radius 1 is 1.10 bits per heavy atom. The topological polar surface area (TPSA) is 39.7 Å². The number of hydrogen-bond donors (Lipinski definition) is 1. The lowest BCUT2D eigenvalue weighted by Gasteiger charge is -2.49. The molecule has 2 unspecified atom stereocenters. The van der Waals surface area contributed by atoms with Crippen LogP contribution in [0.4, 0.5) is 0 Å². The molecule has 3 aliphatic rings. The summed E-state index contributed by atoms with van der Waals surface area (Å²) < 4.78 is 17.8. The van der Waals surface area contributed by atoms with Crippen molar-refractivity contribution in [2.75, 3.05) is 34.0 Å². The molecule has 2 atom stereocenters. The second kappa shape index (κ2) is 6.53. The first-order valence-corrected chi connectivity index (χ1v) is 8.68. The average molecular weight is 297 g/mol. The Kier molecular flexibility index (Phi) is 4.89. The summed E-state index contributed by atoms with van der Waals surface area (Å²) in [6, 6.07) is 0.452. The van der Waals surface area contributed by atoms with Crippen LogP contribution < -0.4 is 5.32 Å². The molecule has 3 rings (SSSR count). The summed E-state index contributed by atoms with van der Waals surface area (Å²) in [7, 11) is 4.01. The summed E-state index contributed by atoms with van der Waals surface area (Å²) in [6.07, 6.45) is 9.42. The second-order valence-corrected chi connectivity index (χ2v) is 7.14. The maximum atomic E-state index is 6.21. The minimum Gasteiger partial charge on any atom is -0.381 e. The molecule has 2 aliphatic heterocycles. The third-order valence-electron chi connectivity index (χ3n) is 6.14. The number of hydrogen-bond acceptors (Lipinski definition) is 4. The van der Waals surface area contributed by atoms with Gasteiger partial charge in [-0.1, -0.05) is 12.8 Å². The van der Waals surface area contributed by atoms with E-state index < -0.39 is 0 Å². The van der Waals surface area contributed by atoms with Gasteiger partial charge < -0.3 is 19.5 Å². The lowest BCUT2D eigenvalue weighted by molar-refractivity contribution is -0.161. The second-order valence-electron chi connectivity index (χ2n) is 7.14. The molecule has 2 saturated heterocycles. The van der Waals surface area contributed by atoms with Gasteiger partial charge in [0.25, 0.3) is 0 Å². The van der Waals surface area contributed by atoms with Gasteiger partial charge in [0.15, 0.2) is 0 Å². The molecular weight excluding hydrogens is 266 g/mol. The van der Waals surface area contributed by atoms with Gasteiger partial charge in [0.05, 0.1) is 11.2 Å². The van der Waals surface area contributed by atoms with Crippen molar-refractivity contribution in [3.8, 4) is 0 Å². The molecule has 122 valence electrons. The third-order valence-corrected chi connectivity index (χ3v) is 6.14. The van der Waals surface area contributed by atoms with Gasteiger partial charge in [0.2, 0.25) is 0 Å². The molecule has 3 fully saturated rings. The monoisotopic (exact) mass is 297 g/mol. The number of nitrogens with one attached hydrogen (secondary N) is 1. The van der Waals surface area contributed by atoms with E-state index in [1.54, 1.807) is 0 Å². The van der Waals surface area contributed by atoms with E-state index in [0.29, 0.717) is 12.0 Å². The zero-order chi connectivity index (χ0) is 14.8. The van der Waals surface area contributed by atoms with Gasteiger partial charge in [0, 0.05) is 33.0 Å². The zero-order valence-electron chi connectivity index (χ0n) is 13.7. The Balaban J connectivity index is 1.74. The van der Waals surface area contributed by atoms with E-state index in [-0.39, 0.29) is 11.2 Å². The summed E-state index contributed by atoms with van der Waals surface area (Å²) in [4.78, 5) is 0. The van der Waals surface area contributed by atoms with Gasteiger partial charge in [0.1, 0.15) is 0 Å². The van der Waals surface area contributed by atoms with Crippen LogP contribution in [0.1, 0.15) is 51.4 Å². The number of ether oxygens (including phenoxy) is 3. The van der Waals surface area contributed by atoms with E-state index in [4.69, 9.17) is 14.2 Å². The van der Waals surface area contributed by atoms with Crippen molar-refractivity contribution in [2.45, 2.75) is 68.6 Å². The predicted molar refractivity (Wildman–Crippen MR) is 82.5 cm³/mol. The number of rotatable bonds is 4. The molecule has 0 bridgehead atoms. The Bertz CT molecular complexity index is 329. The standard InChI is InChI=1S/C17H31NO3/c1-18-15(17(19-2)6-3-4-7-17)14-5-10-21-16(13-14)8-11-20-12-9-16/h14-15,18H,3-13H2,1-2H3. The molecule has 2 heterocycles. The number of methoxy groups -OCH3 is 1. The van der Waals surface area contributed by atoms with Crippen LogP contribution in [0, 0.1) is 5.92 Å². The van der Waals surface area contributed by atoms with E-state index >= 15 is 0 Å². The first kappa shape index (κ1) is 15.7. The van der Waals surface area contributed by atoms with Crippen LogP contribution in [0.25, 0.3) is 0 Å². The molecule has 1 N–H and O–H groups in total. The van der Waals surface area contributed by atoms with Crippen molar-refractivity contribution in [3.05, 3.63) is 0 Å². The summed E-state index contributed by atoms with van der Waals surface area (Å²) >= 11 is 0. The molecule has 1 saturated carbocycles. The van der Waals surface area contributed by atoms with E-state index in [0.717, 1.165) is 45.5 Å². The van der Waals surface area contributed by atoms with Crippen molar-refractivity contribution < 1.29 is 14.2 Å². The molecule has 0 aromatic carbocycles. The van der Waals surface area contributed by atoms with Crippen LogP contribution in [0.2, 0.25) is 0 Å². The van der Waals surface area contributed by atoms with Crippen molar-refractivity contribution in [1.82, 2.24) is 5.32 Å². The Morgan fingerprint density at radius 3 is 2.43 bits per heavy atom. The minimum absolute atomic E-state index is 0.0448. The van der Waals surface area contributed by atoms with Gasteiger partial charge in [-0.15, -0.1) is 0 Å². The largest absolute Gasteiger partial charge is 0.381 e. The fourth-order valence-corrected chi connectivity index (χ4v) is 4.99. The molecule has 0 radical (unpaired) electrons. The molecule has 1 spiro atoms. The highest BCUT2D eigenvalue weighted by Crippen LogP contribution is 2.44. The van der Waals surface area contributed by atoms with Gasteiger partial charge in [-0.25, -0.2) is 0 Å². The predicted octanol–water partition coefficient (Wildman–Crippen LogP) is 2.51. The lowest BCUT2D eigenvalue weighted by atomic mass is 9.72. The highest BCUT2D eigenvalue weighted by atomic mass is 16.5. The molecule has 4 nitrogen and oxygen atoms in total. The maximum Gasteiger partial charge on any atom is 0.0833 e. The Labute approximate surface area is 128 Å². The molecule has 1 aliphatic carbocycles. The van der Waals surface area contributed by atoms with Crippen molar-refractivity contribution >= 4 is 0 Å². The first-order chi connectivity index (χ1) is 10.2. The van der Waals surface area contributed by atoms with Gasteiger partial charge >= 0.3 is 0 Å². The normalized spacial score (nSPS) is 33.1. The molecule has 0 aromatic heterocycles. The average Bonchev–Trinajstić information content (AvgIpc) is 2.99. The van der Waals surface area contributed by atoms with Crippen LogP contribution in [0.3, 0.4) is 0 Å². The van der Waals surface area contributed by atoms with Crippen LogP contribution in [0.15, 0.2) is 0 Å². The molecule has 0 amide bonds. The van der Waals surface area contributed by atoms with Crippen LogP contribution >= 0.6 is 0 Å². The third kappa shape index (κ3) is 3.00. The molecule has 0 aromatic rings. The fourth-order valence-electron chi connectivity index (χ4n) is 4.99. The molecular formula is C17H31NO3. The Hall–Kier alpha value is -0.160. The van der Waals surface area contributed by atoms with E-state index in [1.165, 1.54) is 25.7 Å². The summed E-state index contributed by atoms with van der Waals surface area (Å²) in [5, 5.41) is 3.62. The fraction of sp³-hybridized carbons (Fsp3) is 1.00. The van der Waals surface area contributed by atoms with Crippen LogP contribution in [-0.2, 0) is 14.2 Å². The molecule has 21 heavy (non-hydrogen) atoms. The van der Waals surface area contributed by atoms with Crippen molar-refractivity contribution in [2.24, 2.45) is 5.92 Å². The van der Waals surface area contributed by atoms with Crippen LogP contribution in [0.5, 0.6) is 0 Å².